The number of benzene rings is 2. The van der Waals surface area contributed by atoms with Crippen LogP contribution < -0.4 is 14.8 Å². The van der Waals surface area contributed by atoms with Crippen molar-refractivity contribution in [1.82, 2.24) is 14.9 Å². The van der Waals surface area contributed by atoms with E-state index in [0.717, 1.165) is 10.5 Å². The minimum Gasteiger partial charge on any atom is -0.497 e. The van der Waals surface area contributed by atoms with Gasteiger partial charge in [0.15, 0.2) is 0 Å². The summed E-state index contributed by atoms with van der Waals surface area (Å²) in [6.07, 6.45) is -0.287. The average Bonchev–Trinajstić information content (AvgIpc) is 2.86. The summed E-state index contributed by atoms with van der Waals surface area (Å²) in [5, 5.41) is 12.2. The van der Waals surface area contributed by atoms with Crippen LogP contribution in [-0.2, 0) is 29.1 Å². The van der Waals surface area contributed by atoms with E-state index < -0.39 is 52.6 Å². The zero-order valence-electron chi connectivity index (χ0n) is 22.9. The van der Waals surface area contributed by atoms with Crippen molar-refractivity contribution in [2.45, 2.75) is 50.7 Å². The van der Waals surface area contributed by atoms with Crippen LogP contribution in [0.2, 0.25) is 0 Å². The lowest BCUT2D eigenvalue weighted by Crippen LogP contribution is -2.47. The van der Waals surface area contributed by atoms with Gasteiger partial charge in [-0.1, -0.05) is 29.8 Å². The Morgan fingerprint density at radius 1 is 1.08 bits per heavy atom. The predicted molar refractivity (Wildman–Crippen MR) is 144 cm³/mol. The van der Waals surface area contributed by atoms with Gasteiger partial charge in [-0.05, 0) is 57.5 Å². The molecule has 2 amide bonds. The molecule has 0 spiro atoms. The molecule has 0 saturated carbocycles. The first-order chi connectivity index (χ1) is 18.3. The number of aliphatic hydroxyl groups excluding tert-OH is 1. The normalized spacial score (nSPS) is 12.4. The largest absolute Gasteiger partial charge is 0.497 e. The van der Waals surface area contributed by atoms with E-state index in [1.807, 2.05) is 6.92 Å². The third kappa shape index (κ3) is 9.97. The monoisotopic (exact) mass is 563 g/mol. The number of hydrogen-bond acceptors (Lipinski definition) is 8. The lowest BCUT2D eigenvalue weighted by molar-refractivity contribution is -0.155. The molecule has 0 saturated heterocycles. The summed E-state index contributed by atoms with van der Waals surface area (Å²) in [7, 11) is -2.41. The molecule has 12 heteroatoms. The summed E-state index contributed by atoms with van der Waals surface area (Å²) < 4.78 is 38.1. The Bertz CT molecular complexity index is 1240. The lowest BCUT2D eigenvalue weighted by Gasteiger charge is -2.31. The smallest absolute Gasteiger partial charge is 0.325 e. The van der Waals surface area contributed by atoms with Gasteiger partial charge in [0, 0.05) is 19.5 Å². The van der Waals surface area contributed by atoms with Gasteiger partial charge in [0.05, 0.1) is 18.6 Å². The van der Waals surface area contributed by atoms with Crippen molar-refractivity contribution < 1.29 is 37.4 Å². The summed E-state index contributed by atoms with van der Waals surface area (Å²) in [4.78, 5) is 40.0. The topological polar surface area (TPSA) is 151 Å². The van der Waals surface area contributed by atoms with E-state index >= 15 is 0 Å². The highest BCUT2D eigenvalue weighted by molar-refractivity contribution is 7.89. The second-order valence-corrected chi connectivity index (χ2v) is 11.5. The number of aryl methyl sites for hydroxylation is 1. The molecule has 0 aliphatic carbocycles. The second kappa shape index (κ2) is 14.1. The molecule has 1 unspecified atom stereocenters. The Balaban J connectivity index is 2.24. The SMILES string of the molecule is COc1cccc(C(C(=O)NCC(=O)OC(C)(C)C)N(CCO)C(=O)CCNS(=O)(=O)c2ccc(C)cc2)c1. The van der Waals surface area contributed by atoms with Crippen LogP contribution in [0, 0.1) is 6.92 Å². The first-order valence-corrected chi connectivity index (χ1v) is 13.9. The van der Waals surface area contributed by atoms with Crippen molar-refractivity contribution in [3.05, 3.63) is 59.7 Å². The fourth-order valence-electron chi connectivity index (χ4n) is 3.66. The van der Waals surface area contributed by atoms with Crippen molar-refractivity contribution in [3.8, 4) is 5.75 Å². The van der Waals surface area contributed by atoms with Crippen LogP contribution in [0.4, 0.5) is 0 Å². The molecule has 39 heavy (non-hydrogen) atoms. The Labute approximate surface area is 229 Å². The number of amides is 2. The number of ether oxygens (including phenoxy) is 2. The van der Waals surface area contributed by atoms with Gasteiger partial charge in [-0.25, -0.2) is 13.1 Å². The first kappa shape index (κ1) is 31.7. The standard InChI is InChI=1S/C27H37N3O8S/c1-19-9-11-22(12-10-19)39(35,36)29-14-13-23(32)30(15-16-31)25(20-7-6-8-21(17-20)37-5)26(34)28-18-24(33)38-27(2,3)4/h6-12,17,25,29,31H,13-16,18H2,1-5H3,(H,28,34). The molecule has 11 nitrogen and oxygen atoms in total. The van der Waals surface area contributed by atoms with E-state index in [1.54, 1.807) is 57.2 Å². The summed E-state index contributed by atoms with van der Waals surface area (Å²) in [5.74, 6) is -1.50. The number of carbonyl (C=O) groups is 3. The fourth-order valence-corrected chi connectivity index (χ4v) is 4.69. The van der Waals surface area contributed by atoms with Gasteiger partial charge in [-0.3, -0.25) is 14.4 Å². The molecule has 2 aromatic carbocycles. The Morgan fingerprint density at radius 3 is 2.33 bits per heavy atom. The van der Waals surface area contributed by atoms with Crippen molar-refractivity contribution in [2.24, 2.45) is 0 Å². The van der Waals surface area contributed by atoms with Crippen LogP contribution in [0.5, 0.6) is 5.75 Å². The zero-order chi connectivity index (χ0) is 29.2. The maximum absolute atomic E-state index is 13.3. The van der Waals surface area contributed by atoms with Crippen molar-refractivity contribution >= 4 is 27.8 Å². The minimum atomic E-state index is -3.86. The molecule has 0 fully saturated rings. The predicted octanol–water partition coefficient (Wildman–Crippen LogP) is 1.69. The summed E-state index contributed by atoms with van der Waals surface area (Å²) in [5.41, 5.74) is 0.522. The first-order valence-electron chi connectivity index (χ1n) is 12.4. The number of esters is 1. The Morgan fingerprint density at radius 2 is 1.74 bits per heavy atom. The van der Waals surface area contributed by atoms with E-state index in [-0.39, 0.29) is 24.4 Å². The maximum atomic E-state index is 13.3. The quantitative estimate of drug-likeness (QED) is 0.312. The molecule has 2 aromatic rings. The van der Waals surface area contributed by atoms with E-state index in [0.29, 0.717) is 11.3 Å². The molecule has 2 rings (SSSR count). The molecule has 0 radical (unpaired) electrons. The Kier molecular flexibility index (Phi) is 11.4. The highest BCUT2D eigenvalue weighted by atomic mass is 32.2. The van der Waals surface area contributed by atoms with Gasteiger partial charge in [0.1, 0.15) is 23.9 Å². The third-order valence-corrected chi connectivity index (χ3v) is 6.90. The molecule has 0 aliphatic rings. The van der Waals surface area contributed by atoms with Crippen molar-refractivity contribution in [3.63, 3.8) is 0 Å². The number of aliphatic hydroxyl groups is 1. The number of carbonyl (C=O) groups excluding carboxylic acids is 3. The van der Waals surface area contributed by atoms with Gasteiger partial charge < -0.3 is 24.8 Å². The highest BCUT2D eigenvalue weighted by Crippen LogP contribution is 2.25. The third-order valence-electron chi connectivity index (χ3n) is 5.42. The number of nitrogens with zero attached hydrogens (tertiary/aromatic N) is 1. The van der Waals surface area contributed by atoms with Gasteiger partial charge in [0.25, 0.3) is 0 Å². The molecular formula is C27H37N3O8S. The van der Waals surface area contributed by atoms with E-state index in [2.05, 4.69) is 10.0 Å². The van der Waals surface area contributed by atoms with Crippen molar-refractivity contribution in [1.29, 1.82) is 0 Å². The molecule has 214 valence electrons. The molecule has 0 aromatic heterocycles. The van der Waals surface area contributed by atoms with Crippen molar-refractivity contribution in [2.75, 3.05) is 33.4 Å². The average molecular weight is 564 g/mol. The van der Waals surface area contributed by atoms with Gasteiger partial charge in [0.2, 0.25) is 21.8 Å². The number of rotatable bonds is 13. The fraction of sp³-hybridized carbons (Fsp3) is 0.444. The van der Waals surface area contributed by atoms with Crippen LogP contribution >= 0.6 is 0 Å². The maximum Gasteiger partial charge on any atom is 0.325 e. The molecule has 0 bridgehead atoms. The van der Waals surface area contributed by atoms with Gasteiger partial charge in [-0.15, -0.1) is 0 Å². The van der Waals surface area contributed by atoms with Crippen LogP contribution in [0.15, 0.2) is 53.4 Å². The van der Waals surface area contributed by atoms with Crippen LogP contribution in [-0.4, -0.2) is 75.2 Å². The van der Waals surface area contributed by atoms with Gasteiger partial charge >= 0.3 is 5.97 Å². The zero-order valence-corrected chi connectivity index (χ0v) is 23.7. The number of hydrogen-bond donors (Lipinski definition) is 3. The molecule has 0 aliphatic heterocycles. The molecular weight excluding hydrogens is 526 g/mol. The van der Waals surface area contributed by atoms with Gasteiger partial charge in [-0.2, -0.15) is 0 Å². The van der Waals surface area contributed by atoms with Crippen LogP contribution in [0.25, 0.3) is 0 Å². The van der Waals surface area contributed by atoms with E-state index in [1.165, 1.54) is 19.2 Å². The second-order valence-electron chi connectivity index (χ2n) is 9.75. The number of methoxy groups -OCH3 is 1. The number of nitrogens with one attached hydrogen (secondary N) is 2. The molecule has 1 atom stereocenters. The molecule has 0 heterocycles. The highest BCUT2D eigenvalue weighted by Gasteiger charge is 2.32. The molecule has 3 N–H and O–H groups in total. The Hall–Kier alpha value is -3.48. The summed E-state index contributed by atoms with van der Waals surface area (Å²) >= 11 is 0. The van der Waals surface area contributed by atoms with E-state index in [9.17, 15) is 27.9 Å². The summed E-state index contributed by atoms with van der Waals surface area (Å²) in [6.45, 7) is 5.57. The van der Waals surface area contributed by atoms with E-state index in [4.69, 9.17) is 9.47 Å². The lowest BCUT2D eigenvalue weighted by atomic mass is 10.0. The number of sulfonamides is 1. The minimum absolute atomic E-state index is 0.0588. The van der Waals surface area contributed by atoms with Crippen LogP contribution in [0.1, 0.15) is 44.4 Å². The summed E-state index contributed by atoms with van der Waals surface area (Å²) in [6, 6.07) is 11.5. The van der Waals surface area contributed by atoms with Crippen LogP contribution in [0.3, 0.4) is 0 Å².